The molecule has 0 bridgehead atoms. The minimum atomic E-state index is 0.386. The number of hydrogen-bond donors (Lipinski definition) is 3. The van der Waals surface area contributed by atoms with E-state index in [-0.39, 0.29) is 0 Å². The van der Waals surface area contributed by atoms with Crippen LogP contribution in [0, 0.1) is 0 Å². The highest BCUT2D eigenvalue weighted by Gasteiger charge is 2.12. The van der Waals surface area contributed by atoms with Crippen molar-refractivity contribution in [2.24, 2.45) is 0 Å². The third-order valence-corrected chi connectivity index (χ3v) is 4.12. The fraction of sp³-hybridized carbons (Fsp3) is 0.111. The van der Waals surface area contributed by atoms with Crippen molar-refractivity contribution in [2.75, 3.05) is 30.6 Å². The first kappa shape index (κ1) is 17.8. The molecule has 1 aromatic heterocycles. The Bertz CT molecular complexity index is 920. The summed E-state index contributed by atoms with van der Waals surface area (Å²) in [6.45, 7) is 0. The minimum absolute atomic E-state index is 0.386. The van der Waals surface area contributed by atoms with E-state index >= 15 is 0 Å². The molecule has 0 atom stereocenters. The van der Waals surface area contributed by atoms with Crippen molar-refractivity contribution in [1.29, 1.82) is 0 Å². The topological polar surface area (TPSA) is 94.3 Å². The van der Waals surface area contributed by atoms with E-state index in [0.29, 0.717) is 34.5 Å². The van der Waals surface area contributed by atoms with Crippen LogP contribution in [0.3, 0.4) is 0 Å². The zero-order chi connectivity index (χ0) is 18.5. The molecule has 26 heavy (non-hydrogen) atoms. The van der Waals surface area contributed by atoms with Gasteiger partial charge >= 0.3 is 0 Å². The van der Waals surface area contributed by atoms with Crippen molar-refractivity contribution in [2.45, 2.75) is 0 Å². The molecule has 0 amide bonds. The van der Waals surface area contributed by atoms with Crippen LogP contribution in [0.4, 0.5) is 28.7 Å². The van der Waals surface area contributed by atoms with E-state index in [2.05, 4.69) is 36.5 Å². The first-order valence-electron chi connectivity index (χ1n) is 7.73. The summed E-state index contributed by atoms with van der Waals surface area (Å²) in [4.78, 5) is 8.45. The number of ether oxygens (including phenoxy) is 2. The van der Waals surface area contributed by atoms with E-state index in [4.69, 9.17) is 15.2 Å². The van der Waals surface area contributed by atoms with Gasteiger partial charge in [-0.05, 0) is 30.3 Å². The van der Waals surface area contributed by atoms with Gasteiger partial charge in [-0.3, -0.25) is 0 Å². The van der Waals surface area contributed by atoms with Crippen molar-refractivity contribution in [3.8, 4) is 11.5 Å². The molecule has 0 aliphatic heterocycles. The van der Waals surface area contributed by atoms with Crippen LogP contribution in [0.1, 0.15) is 0 Å². The maximum absolute atomic E-state index is 6.25. The zero-order valence-corrected chi connectivity index (χ0v) is 15.9. The van der Waals surface area contributed by atoms with Gasteiger partial charge in [0.1, 0.15) is 23.5 Å². The van der Waals surface area contributed by atoms with Gasteiger partial charge in [-0.1, -0.05) is 22.0 Å². The molecule has 134 valence electrons. The predicted octanol–water partition coefficient (Wildman–Crippen LogP) is 4.33. The summed E-state index contributed by atoms with van der Waals surface area (Å²) in [6, 6.07) is 13.1. The molecule has 2 aromatic carbocycles. The summed E-state index contributed by atoms with van der Waals surface area (Å²) in [5.41, 5.74) is 8.17. The SMILES string of the molecule is COc1ccc(OC)c(Nc2ncnc(Nc3cccc(Br)c3)c2N)c1. The van der Waals surface area contributed by atoms with E-state index < -0.39 is 0 Å². The smallest absolute Gasteiger partial charge is 0.159 e. The standard InChI is InChI=1S/C18H18BrN5O2/c1-25-13-6-7-15(26-2)14(9-13)24-18-16(20)17(21-10-22-18)23-12-5-3-4-11(19)8-12/h3-10H,20H2,1-2H3,(H2,21,22,23,24). The van der Waals surface area contributed by atoms with Crippen LogP contribution in [0.15, 0.2) is 53.3 Å². The molecule has 0 spiro atoms. The Balaban J connectivity index is 1.90. The first-order chi connectivity index (χ1) is 12.6. The summed E-state index contributed by atoms with van der Waals surface area (Å²) < 4.78 is 11.6. The number of nitrogens with zero attached hydrogens (tertiary/aromatic N) is 2. The van der Waals surface area contributed by atoms with Crippen LogP contribution in [-0.4, -0.2) is 24.2 Å². The normalized spacial score (nSPS) is 10.3. The van der Waals surface area contributed by atoms with Crippen molar-refractivity contribution in [1.82, 2.24) is 9.97 Å². The molecule has 1 heterocycles. The molecule has 3 rings (SSSR count). The Labute approximate surface area is 159 Å². The number of nitrogens with two attached hydrogens (primary N) is 1. The lowest BCUT2D eigenvalue weighted by atomic mass is 10.2. The number of hydrogen-bond acceptors (Lipinski definition) is 7. The van der Waals surface area contributed by atoms with Gasteiger partial charge in [0.05, 0.1) is 19.9 Å². The van der Waals surface area contributed by atoms with Crippen LogP contribution in [0.5, 0.6) is 11.5 Å². The van der Waals surface area contributed by atoms with Crippen molar-refractivity contribution in [3.63, 3.8) is 0 Å². The van der Waals surface area contributed by atoms with Gasteiger partial charge in [-0.15, -0.1) is 0 Å². The molecule has 0 aliphatic rings. The molecule has 0 aliphatic carbocycles. The minimum Gasteiger partial charge on any atom is -0.497 e. The Kier molecular flexibility index (Phi) is 5.43. The van der Waals surface area contributed by atoms with Gasteiger partial charge in [0.15, 0.2) is 11.6 Å². The van der Waals surface area contributed by atoms with Crippen LogP contribution in [0.25, 0.3) is 0 Å². The summed E-state index contributed by atoms with van der Waals surface area (Å²) in [5.74, 6) is 2.30. The molecular weight excluding hydrogens is 398 g/mol. The van der Waals surface area contributed by atoms with E-state index in [1.165, 1.54) is 6.33 Å². The highest BCUT2D eigenvalue weighted by atomic mass is 79.9. The van der Waals surface area contributed by atoms with Crippen molar-refractivity contribution >= 4 is 44.6 Å². The fourth-order valence-electron chi connectivity index (χ4n) is 2.34. The molecular formula is C18H18BrN5O2. The van der Waals surface area contributed by atoms with E-state index in [1.807, 2.05) is 36.4 Å². The Morgan fingerprint density at radius 1 is 0.962 bits per heavy atom. The number of benzene rings is 2. The van der Waals surface area contributed by atoms with Crippen LogP contribution >= 0.6 is 15.9 Å². The Hall–Kier alpha value is -3.00. The molecule has 0 saturated heterocycles. The largest absolute Gasteiger partial charge is 0.497 e. The second kappa shape index (κ2) is 7.92. The quantitative estimate of drug-likeness (QED) is 0.551. The first-order valence-corrected chi connectivity index (χ1v) is 8.52. The van der Waals surface area contributed by atoms with E-state index in [9.17, 15) is 0 Å². The van der Waals surface area contributed by atoms with Crippen LogP contribution < -0.4 is 25.8 Å². The molecule has 0 fully saturated rings. The molecule has 7 nitrogen and oxygen atoms in total. The second-order valence-corrected chi connectivity index (χ2v) is 6.23. The Morgan fingerprint density at radius 3 is 2.42 bits per heavy atom. The van der Waals surface area contributed by atoms with Gasteiger partial charge in [-0.25, -0.2) is 9.97 Å². The number of aromatic nitrogens is 2. The zero-order valence-electron chi connectivity index (χ0n) is 14.3. The lowest BCUT2D eigenvalue weighted by molar-refractivity contribution is 0.405. The van der Waals surface area contributed by atoms with Crippen LogP contribution in [-0.2, 0) is 0 Å². The number of rotatable bonds is 6. The number of halogens is 1. The summed E-state index contributed by atoms with van der Waals surface area (Å²) in [7, 11) is 3.20. The molecule has 0 unspecified atom stereocenters. The lowest BCUT2D eigenvalue weighted by Gasteiger charge is -2.15. The van der Waals surface area contributed by atoms with Gasteiger partial charge in [0.25, 0.3) is 0 Å². The highest BCUT2D eigenvalue weighted by molar-refractivity contribution is 9.10. The fourth-order valence-corrected chi connectivity index (χ4v) is 2.74. The molecule has 0 radical (unpaired) electrons. The van der Waals surface area contributed by atoms with Crippen LogP contribution in [0.2, 0.25) is 0 Å². The maximum Gasteiger partial charge on any atom is 0.159 e. The van der Waals surface area contributed by atoms with Gasteiger partial charge in [0, 0.05) is 16.2 Å². The van der Waals surface area contributed by atoms with Gasteiger partial charge in [0.2, 0.25) is 0 Å². The average molecular weight is 416 g/mol. The van der Waals surface area contributed by atoms with E-state index in [1.54, 1.807) is 20.3 Å². The van der Waals surface area contributed by atoms with Crippen molar-refractivity contribution in [3.05, 3.63) is 53.3 Å². The summed E-state index contributed by atoms with van der Waals surface area (Å²) in [5, 5.41) is 6.36. The van der Waals surface area contributed by atoms with Gasteiger partial charge < -0.3 is 25.8 Å². The number of nitrogen functional groups attached to an aromatic ring is 1. The third kappa shape index (κ3) is 3.97. The molecule has 0 saturated carbocycles. The average Bonchev–Trinajstić information content (AvgIpc) is 2.65. The molecule has 4 N–H and O–H groups in total. The van der Waals surface area contributed by atoms with Gasteiger partial charge in [-0.2, -0.15) is 0 Å². The Morgan fingerprint density at radius 2 is 1.73 bits per heavy atom. The van der Waals surface area contributed by atoms with Crippen molar-refractivity contribution < 1.29 is 9.47 Å². The monoisotopic (exact) mass is 415 g/mol. The second-order valence-electron chi connectivity index (χ2n) is 5.31. The lowest BCUT2D eigenvalue weighted by Crippen LogP contribution is -2.06. The predicted molar refractivity (Wildman–Crippen MR) is 107 cm³/mol. The third-order valence-electron chi connectivity index (χ3n) is 3.63. The molecule has 8 heteroatoms. The summed E-state index contributed by atoms with van der Waals surface area (Å²) in [6.07, 6.45) is 1.44. The number of methoxy groups -OCH3 is 2. The number of nitrogens with one attached hydrogen (secondary N) is 2. The summed E-state index contributed by atoms with van der Waals surface area (Å²) >= 11 is 3.44. The number of anilines is 5. The molecule has 3 aromatic rings. The highest BCUT2D eigenvalue weighted by Crippen LogP contribution is 2.34. The van der Waals surface area contributed by atoms with E-state index in [0.717, 1.165) is 10.2 Å². The maximum atomic E-state index is 6.25.